The molecule has 136 valence electrons. The molecular weight excluding hydrogens is 314 g/mol. The van der Waals surface area contributed by atoms with Crippen LogP contribution in [0.25, 0.3) is 0 Å². The van der Waals surface area contributed by atoms with Gasteiger partial charge in [-0.25, -0.2) is 4.99 Å². The number of nitrogens with two attached hydrogens (primary N) is 2. The van der Waals surface area contributed by atoms with E-state index in [2.05, 4.69) is 10.3 Å². The van der Waals surface area contributed by atoms with E-state index in [1.165, 1.54) is 6.92 Å². The summed E-state index contributed by atoms with van der Waals surface area (Å²) in [4.78, 5) is 41.4. The minimum Gasteiger partial charge on any atom is -0.481 e. The third-order valence-electron chi connectivity index (χ3n) is 4.37. The number of carbonyl (C=O) groups is 3. The average molecular weight is 341 g/mol. The number of carboxylic acids is 1. The van der Waals surface area contributed by atoms with Crippen LogP contribution in [-0.4, -0.2) is 58.9 Å². The van der Waals surface area contributed by atoms with E-state index in [1.807, 2.05) is 13.8 Å². The van der Waals surface area contributed by atoms with E-state index in [9.17, 15) is 19.5 Å². The molecule has 1 saturated carbocycles. The zero-order valence-electron chi connectivity index (χ0n) is 14.4. The second-order valence-electron chi connectivity index (χ2n) is 5.98. The van der Waals surface area contributed by atoms with Gasteiger partial charge in [0.1, 0.15) is 6.04 Å². The predicted molar refractivity (Wildman–Crippen MR) is 89.0 cm³/mol. The Balaban J connectivity index is 3.16. The van der Waals surface area contributed by atoms with Gasteiger partial charge in [-0.15, -0.1) is 0 Å². The number of nitrogens with zero attached hydrogens (tertiary/aromatic N) is 2. The summed E-state index contributed by atoms with van der Waals surface area (Å²) in [5.41, 5.74) is 10.9. The molecule has 1 fully saturated rings. The molecule has 1 aliphatic rings. The number of carbonyl (C=O) groups excluding carboxylic acids is 2. The molecule has 0 aromatic rings. The molecule has 0 heterocycles. The molecule has 1 unspecified atom stereocenters. The van der Waals surface area contributed by atoms with Crippen molar-refractivity contribution in [2.75, 3.05) is 13.1 Å². The summed E-state index contributed by atoms with van der Waals surface area (Å²) >= 11 is 0. The van der Waals surface area contributed by atoms with Gasteiger partial charge in [-0.05, 0) is 26.7 Å². The number of carboxylic acid groups (broad SMARTS) is 1. The van der Waals surface area contributed by atoms with E-state index in [0.29, 0.717) is 13.1 Å². The number of hydrogen-bond acceptors (Lipinski definition) is 4. The van der Waals surface area contributed by atoms with Gasteiger partial charge in [0.15, 0.2) is 5.96 Å². The molecule has 0 spiro atoms. The van der Waals surface area contributed by atoms with Crippen LogP contribution >= 0.6 is 0 Å². The van der Waals surface area contributed by atoms with Crippen molar-refractivity contribution < 1.29 is 19.5 Å². The lowest BCUT2D eigenvalue weighted by Gasteiger charge is -2.31. The number of aliphatic imine (C=N–C) groups is 1. The fraction of sp³-hybridized carbons (Fsp3) is 0.733. The van der Waals surface area contributed by atoms with Crippen LogP contribution < -0.4 is 16.8 Å². The lowest BCUT2D eigenvalue weighted by molar-refractivity contribution is -0.142. The molecule has 4 atom stereocenters. The van der Waals surface area contributed by atoms with Crippen molar-refractivity contribution in [2.45, 2.75) is 45.7 Å². The molecule has 6 N–H and O–H groups in total. The summed E-state index contributed by atoms with van der Waals surface area (Å²) in [6, 6.07) is -1.37. The molecule has 9 nitrogen and oxygen atoms in total. The highest BCUT2D eigenvalue weighted by molar-refractivity contribution is 5.87. The highest BCUT2D eigenvalue weighted by atomic mass is 16.4. The van der Waals surface area contributed by atoms with Crippen LogP contribution in [0.15, 0.2) is 4.99 Å². The first-order chi connectivity index (χ1) is 11.2. The first kappa shape index (κ1) is 19.7. The highest BCUT2D eigenvalue weighted by Crippen LogP contribution is 2.36. The van der Waals surface area contributed by atoms with E-state index >= 15 is 0 Å². The summed E-state index contributed by atoms with van der Waals surface area (Å²) in [5.74, 6) is -2.84. The van der Waals surface area contributed by atoms with E-state index in [-0.39, 0.29) is 30.6 Å². The minimum absolute atomic E-state index is 0.159. The van der Waals surface area contributed by atoms with Crippen LogP contribution in [-0.2, 0) is 14.4 Å². The largest absolute Gasteiger partial charge is 0.481 e. The number of rotatable bonds is 7. The monoisotopic (exact) mass is 341 g/mol. The topological polar surface area (TPSA) is 151 Å². The third-order valence-corrected chi connectivity index (χ3v) is 4.37. The summed E-state index contributed by atoms with van der Waals surface area (Å²) < 4.78 is 0. The van der Waals surface area contributed by atoms with Gasteiger partial charge in [0.05, 0.1) is 12.0 Å². The number of hydrogen-bond donors (Lipinski definition) is 4. The van der Waals surface area contributed by atoms with Crippen molar-refractivity contribution >= 4 is 23.7 Å². The van der Waals surface area contributed by atoms with Gasteiger partial charge in [-0.2, -0.15) is 0 Å². The van der Waals surface area contributed by atoms with Gasteiger partial charge in [0.2, 0.25) is 11.8 Å². The standard InChI is InChI=1S/C15H27N5O4/c1-4-20(5-2)13(22)12(18-8(3)21)10-6-9(14(23)24)7-11(10)19-15(16)17/h9-12H,4-7H2,1-3H3,(H,18,21)(H,23,24)(H4,16,17,19)/t9-,10+,11+,12?/m1/s1. The molecule has 24 heavy (non-hydrogen) atoms. The van der Waals surface area contributed by atoms with Gasteiger partial charge >= 0.3 is 5.97 Å². The summed E-state index contributed by atoms with van der Waals surface area (Å²) in [5, 5.41) is 12.0. The Morgan fingerprint density at radius 2 is 1.83 bits per heavy atom. The summed E-state index contributed by atoms with van der Waals surface area (Å²) in [6.45, 7) is 5.99. The molecule has 0 aromatic carbocycles. The predicted octanol–water partition coefficient (Wildman–Crippen LogP) is -0.888. The molecule has 0 aliphatic heterocycles. The fourth-order valence-corrected chi connectivity index (χ4v) is 3.25. The minimum atomic E-state index is -0.954. The average Bonchev–Trinajstić information content (AvgIpc) is 2.88. The molecule has 0 bridgehead atoms. The van der Waals surface area contributed by atoms with E-state index in [4.69, 9.17) is 11.5 Å². The number of amides is 2. The first-order valence-electron chi connectivity index (χ1n) is 8.08. The van der Waals surface area contributed by atoms with Gasteiger partial charge in [-0.1, -0.05) is 0 Å². The number of aliphatic carboxylic acids is 1. The maximum Gasteiger partial charge on any atom is 0.306 e. The molecule has 9 heteroatoms. The van der Waals surface area contributed by atoms with Gasteiger partial charge < -0.3 is 26.8 Å². The molecule has 2 amide bonds. The number of guanidine groups is 1. The Labute approximate surface area is 141 Å². The van der Waals surface area contributed by atoms with E-state index in [0.717, 1.165) is 0 Å². The Kier molecular flexibility index (Phi) is 6.99. The third kappa shape index (κ3) is 4.84. The maximum absolute atomic E-state index is 12.8. The first-order valence-corrected chi connectivity index (χ1v) is 8.08. The maximum atomic E-state index is 12.8. The van der Waals surface area contributed by atoms with E-state index in [1.54, 1.807) is 4.90 Å². The van der Waals surface area contributed by atoms with Gasteiger partial charge in [-0.3, -0.25) is 14.4 Å². The van der Waals surface area contributed by atoms with Crippen LogP contribution in [0.1, 0.15) is 33.6 Å². The second kappa shape index (κ2) is 8.51. The molecular formula is C15H27N5O4. The quantitative estimate of drug-likeness (QED) is 0.348. The fourth-order valence-electron chi connectivity index (χ4n) is 3.25. The smallest absolute Gasteiger partial charge is 0.306 e. The normalized spacial score (nSPS) is 24.0. The van der Waals surface area contributed by atoms with Gasteiger partial charge in [0.25, 0.3) is 0 Å². The van der Waals surface area contributed by atoms with Crippen LogP contribution in [0.5, 0.6) is 0 Å². The molecule has 1 aliphatic carbocycles. The zero-order valence-corrected chi connectivity index (χ0v) is 14.4. The van der Waals surface area contributed by atoms with Crippen molar-refractivity contribution in [1.82, 2.24) is 10.2 Å². The van der Waals surface area contributed by atoms with Crippen molar-refractivity contribution in [3.05, 3.63) is 0 Å². The molecule has 0 radical (unpaired) electrons. The SMILES string of the molecule is CCN(CC)C(=O)C(NC(C)=O)[C@H]1C[C@@H](C(=O)O)C[C@@H]1N=C(N)N. The van der Waals surface area contributed by atoms with Crippen molar-refractivity contribution in [2.24, 2.45) is 28.3 Å². The number of nitrogens with one attached hydrogen (secondary N) is 1. The van der Waals surface area contributed by atoms with Crippen molar-refractivity contribution in [3.8, 4) is 0 Å². The molecule has 0 aromatic heterocycles. The summed E-state index contributed by atoms with van der Waals surface area (Å²) in [6.07, 6.45) is 0.467. The van der Waals surface area contributed by atoms with Crippen LogP contribution in [0, 0.1) is 11.8 Å². The lowest BCUT2D eigenvalue weighted by Crippen LogP contribution is -2.53. The van der Waals surface area contributed by atoms with Crippen molar-refractivity contribution in [3.63, 3.8) is 0 Å². The Morgan fingerprint density at radius 3 is 2.25 bits per heavy atom. The molecule has 1 rings (SSSR count). The van der Waals surface area contributed by atoms with Crippen LogP contribution in [0.4, 0.5) is 0 Å². The van der Waals surface area contributed by atoms with E-state index < -0.39 is 29.9 Å². The van der Waals surface area contributed by atoms with Gasteiger partial charge in [0, 0.05) is 25.9 Å². The summed E-state index contributed by atoms with van der Waals surface area (Å²) in [7, 11) is 0. The zero-order chi connectivity index (χ0) is 18.4. The number of likely N-dealkylation sites (N-methyl/N-ethyl adjacent to an activating group) is 1. The second-order valence-corrected chi connectivity index (χ2v) is 5.98. The Morgan fingerprint density at radius 1 is 1.25 bits per heavy atom. The van der Waals surface area contributed by atoms with Crippen molar-refractivity contribution in [1.29, 1.82) is 0 Å². The van der Waals surface area contributed by atoms with Crippen LogP contribution in [0.2, 0.25) is 0 Å². The van der Waals surface area contributed by atoms with Crippen LogP contribution in [0.3, 0.4) is 0 Å². The Hall–Kier alpha value is -2.32. The Bertz CT molecular complexity index is 514. The lowest BCUT2D eigenvalue weighted by atomic mass is 9.92. The highest BCUT2D eigenvalue weighted by Gasteiger charge is 2.45. The molecule has 0 saturated heterocycles.